The molecule has 86 valence electrons. The lowest BCUT2D eigenvalue weighted by Gasteiger charge is -2.17. The summed E-state index contributed by atoms with van der Waals surface area (Å²) in [4.78, 5) is 45.3. The maximum Gasteiger partial charge on any atom is 0.299 e. The number of anilines is 1. The standard InChI is InChI=1S/C11H8N2O4/c1-5(14)12-7-4-2-3-6-8(7)9(15)11(17)13-10(6)16/h2-4H,1H3,(H,12,14)(H,13,16,17). The number of imide groups is 1. The molecule has 1 aliphatic heterocycles. The lowest BCUT2D eigenvalue weighted by atomic mass is 9.97. The molecule has 1 aliphatic rings. The first kappa shape index (κ1) is 11.0. The van der Waals surface area contributed by atoms with Gasteiger partial charge in [-0.3, -0.25) is 24.5 Å². The highest BCUT2D eigenvalue weighted by molar-refractivity contribution is 6.50. The molecule has 1 aromatic rings. The molecule has 0 unspecified atom stereocenters. The number of Topliss-reactive ketones (excluding diaryl/α,β-unsaturated/α-hetero) is 1. The highest BCUT2D eigenvalue weighted by Crippen LogP contribution is 2.23. The van der Waals surface area contributed by atoms with E-state index in [-0.39, 0.29) is 22.7 Å². The topological polar surface area (TPSA) is 92.3 Å². The van der Waals surface area contributed by atoms with Gasteiger partial charge < -0.3 is 5.32 Å². The number of hydrogen-bond acceptors (Lipinski definition) is 4. The first-order valence-corrected chi connectivity index (χ1v) is 4.81. The van der Waals surface area contributed by atoms with Crippen LogP contribution < -0.4 is 10.6 Å². The van der Waals surface area contributed by atoms with E-state index < -0.39 is 17.6 Å². The Bertz CT molecular complexity index is 563. The number of benzene rings is 1. The molecule has 0 spiro atoms. The predicted molar refractivity (Wildman–Crippen MR) is 57.5 cm³/mol. The van der Waals surface area contributed by atoms with Crippen molar-refractivity contribution in [2.24, 2.45) is 0 Å². The summed E-state index contributed by atoms with van der Waals surface area (Å²) >= 11 is 0. The van der Waals surface area contributed by atoms with Crippen LogP contribution >= 0.6 is 0 Å². The van der Waals surface area contributed by atoms with Gasteiger partial charge in [0.05, 0.1) is 16.8 Å². The molecule has 17 heavy (non-hydrogen) atoms. The molecule has 0 fully saturated rings. The molecule has 0 aromatic heterocycles. The lowest BCUT2D eigenvalue weighted by molar-refractivity contribution is -0.116. The van der Waals surface area contributed by atoms with Gasteiger partial charge in [-0.1, -0.05) is 6.07 Å². The van der Waals surface area contributed by atoms with Crippen LogP contribution in [0.25, 0.3) is 0 Å². The summed E-state index contributed by atoms with van der Waals surface area (Å²) in [6.07, 6.45) is 0. The summed E-state index contributed by atoms with van der Waals surface area (Å²) in [6, 6.07) is 4.40. The third kappa shape index (κ3) is 1.80. The number of amides is 3. The fourth-order valence-corrected chi connectivity index (χ4v) is 1.62. The molecule has 1 aromatic carbocycles. The molecule has 0 bridgehead atoms. The van der Waals surface area contributed by atoms with Gasteiger partial charge in [-0.05, 0) is 12.1 Å². The van der Waals surface area contributed by atoms with E-state index in [2.05, 4.69) is 5.32 Å². The molecule has 0 radical (unpaired) electrons. The first-order chi connectivity index (χ1) is 8.00. The fraction of sp³-hybridized carbons (Fsp3) is 0.0909. The van der Waals surface area contributed by atoms with E-state index in [4.69, 9.17) is 0 Å². The van der Waals surface area contributed by atoms with Crippen molar-refractivity contribution in [1.82, 2.24) is 5.32 Å². The molecule has 2 rings (SSSR count). The number of carbonyl (C=O) groups is 4. The summed E-state index contributed by atoms with van der Waals surface area (Å²) < 4.78 is 0. The highest BCUT2D eigenvalue weighted by Gasteiger charge is 2.32. The van der Waals surface area contributed by atoms with Crippen LogP contribution in [0.1, 0.15) is 27.6 Å². The fourth-order valence-electron chi connectivity index (χ4n) is 1.62. The Balaban J connectivity index is 2.62. The van der Waals surface area contributed by atoms with Crippen LogP contribution in [0.3, 0.4) is 0 Å². The Kier molecular flexibility index (Phi) is 2.47. The first-order valence-electron chi connectivity index (χ1n) is 4.81. The van der Waals surface area contributed by atoms with Gasteiger partial charge in [-0.25, -0.2) is 0 Å². The maximum atomic E-state index is 11.6. The van der Waals surface area contributed by atoms with E-state index in [0.29, 0.717) is 0 Å². The molecule has 1 heterocycles. The normalized spacial score (nSPS) is 14.1. The number of fused-ring (bicyclic) bond motifs is 1. The summed E-state index contributed by atoms with van der Waals surface area (Å²) in [5.74, 6) is -2.84. The van der Waals surface area contributed by atoms with Crippen LogP contribution in [0.15, 0.2) is 18.2 Å². The van der Waals surface area contributed by atoms with E-state index in [1.165, 1.54) is 25.1 Å². The molecule has 2 N–H and O–H groups in total. The zero-order valence-corrected chi connectivity index (χ0v) is 8.87. The van der Waals surface area contributed by atoms with Crippen LogP contribution in [-0.4, -0.2) is 23.5 Å². The van der Waals surface area contributed by atoms with Crippen molar-refractivity contribution in [2.45, 2.75) is 6.92 Å². The van der Waals surface area contributed by atoms with Gasteiger partial charge in [0, 0.05) is 6.92 Å². The van der Waals surface area contributed by atoms with Crippen molar-refractivity contribution in [3.63, 3.8) is 0 Å². The molecule has 0 atom stereocenters. The van der Waals surface area contributed by atoms with Crippen molar-refractivity contribution in [3.8, 4) is 0 Å². The van der Waals surface area contributed by atoms with Crippen molar-refractivity contribution in [3.05, 3.63) is 29.3 Å². The number of rotatable bonds is 1. The maximum absolute atomic E-state index is 11.6. The molecule has 6 nitrogen and oxygen atoms in total. The highest BCUT2D eigenvalue weighted by atomic mass is 16.2. The molecular weight excluding hydrogens is 224 g/mol. The van der Waals surface area contributed by atoms with E-state index >= 15 is 0 Å². The van der Waals surface area contributed by atoms with E-state index in [1.54, 1.807) is 0 Å². The van der Waals surface area contributed by atoms with Crippen molar-refractivity contribution in [1.29, 1.82) is 0 Å². The van der Waals surface area contributed by atoms with Gasteiger partial charge in [0.15, 0.2) is 0 Å². The Morgan fingerprint density at radius 2 is 1.88 bits per heavy atom. The minimum absolute atomic E-state index is 0.0588. The second-order valence-electron chi connectivity index (χ2n) is 3.52. The Morgan fingerprint density at radius 3 is 2.53 bits per heavy atom. The Hall–Kier alpha value is -2.50. The molecule has 6 heteroatoms. The third-order valence-electron chi connectivity index (χ3n) is 2.28. The minimum Gasteiger partial charge on any atom is -0.326 e. The van der Waals surface area contributed by atoms with Crippen LogP contribution in [-0.2, 0) is 9.59 Å². The van der Waals surface area contributed by atoms with E-state index in [1.807, 2.05) is 5.32 Å². The largest absolute Gasteiger partial charge is 0.326 e. The van der Waals surface area contributed by atoms with Crippen LogP contribution in [0, 0.1) is 0 Å². The number of carbonyl (C=O) groups excluding carboxylic acids is 4. The number of hydrogen-bond donors (Lipinski definition) is 2. The lowest BCUT2D eigenvalue weighted by Crippen LogP contribution is -2.42. The van der Waals surface area contributed by atoms with Gasteiger partial charge in [0.25, 0.3) is 17.6 Å². The SMILES string of the molecule is CC(=O)Nc1cccc2c1C(=O)C(=O)NC2=O. The van der Waals surface area contributed by atoms with Gasteiger partial charge in [0.2, 0.25) is 5.91 Å². The molecular formula is C11H8N2O4. The van der Waals surface area contributed by atoms with Gasteiger partial charge >= 0.3 is 0 Å². The van der Waals surface area contributed by atoms with Crippen molar-refractivity contribution < 1.29 is 19.2 Å². The number of ketones is 1. The van der Waals surface area contributed by atoms with E-state index in [0.717, 1.165) is 0 Å². The summed E-state index contributed by atoms with van der Waals surface area (Å²) in [7, 11) is 0. The molecule has 0 saturated heterocycles. The van der Waals surface area contributed by atoms with E-state index in [9.17, 15) is 19.2 Å². The Morgan fingerprint density at radius 1 is 1.18 bits per heavy atom. The molecule has 0 aliphatic carbocycles. The van der Waals surface area contributed by atoms with Crippen LogP contribution in [0.4, 0.5) is 5.69 Å². The second-order valence-corrected chi connectivity index (χ2v) is 3.52. The van der Waals surface area contributed by atoms with Crippen LogP contribution in [0.5, 0.6) is 0 Å². The van der Waals surface area contributed by atoms with Crippen molar-refractivity contribution in [2.75, 3.05) is 5.32 Å². The zero-order chi connectivity index (χ0) is 12.6. The zero-order valence-electron chi connectivity index (χ0n) is 8.87. The van der Waals surface area contributed by atoms with Gasteiger partial charge in [-0.2, -0.15) is 0 Å². The molecule has 3 amide bonds. The average Bonchev–Trinajstić information content (AvgIpc) is 2.25. The van der Waals surface area contributed by atoms with Gasteiger partial charge in [-0.15, -0.1) is 0 Å². The summed E-state index contributed by atoms with van der Waals surface area (Å²) in [6.45, 7) is 1.27. The smallest absolute Gasteiger partial charge is 0.299 e. The monoisotopic (exact) mass is 232 g/mol. The third-order valence-corrected chi connectivity index (χ3v) is 2.28. The second kappa shape index (κ2) is 3.82. The quantitative estimate of drug-likeness (QED) is 0.530. The van der Waals surface area contributed by atoms with Gasteiger partial charge in [0.1, 0.15) is 0 Å². The number of nitrogens with one attached hydrogen (secondary N) is 2. The van der Waals surface area contributed by atoms with Crippen LogP contribution in [0.2, 0.25) is 0 Å². The average molecular weight is 232 g/mol. The molecule has 0 saturated carbocycles. The van der Waals surface area contributed by atoms with Crippen molar-refractivity contribution >= 4 is 29.2 Å². The Labute approximate surface area is 96.0 Å². The summed E-state index contributed by atoms with van der Waals surface area (Å²) in [5, 5.41) is 4.34. The summed E-state index contributed by atoms with van der Waals surface area (Å²) in [5.41, 5.74) is 0.195. The predicted octanol–water partition coefficient (Wildman–Crippen LogP) is 0.0977. The minimum atomic E-state index is -0.986.